The number of carbonyl (C=O) groups is 1. The van der Waals surface area contributed by atoms with E-state index in [0.29, 0.717) is 10.7 Å². The summed E-state index contributed by atoms with van der Waals surface area (Å²) in [6.07, 6.45) is 4.50. The minimum atomic E-state index is -0.132. The molecule has 4 nitrogen and oxygen atoms in total. The Morgan fingerprint density at radius 3 is 2.56 bits per heavy atom. The fourth-order valence-corrected chi connectivity index (χ4v) is 2.44. The van der Waals surface area contributed by atoms with Gasteiger partial charge in [0.2, 0.25) is 0 Å². The first-order chi connectivity index (χ1) is 8.04. The van der Waals surface area contributed by atoms with Gasteiger partial charge in [-0.2, -0.15) is 4.57 Å². The lowest BCUT2D eigenvalue weighted by molar-refractivity contribution is -0.601. The highest BCUT2D eigenvalue weighted by Gasteiger charge is 2.21. The Morgan fingerprint density at radius 2 is 2.00 bits per heavy atom. The molecule has 0 aromatic carbocycles. The van der Waals surface area contributed by atoms with Crippen molar-refractivity contribution in [2.24, 2.45) is 7.05 Å². The Hall–Kier alpha value is -1.02. The Balaban J connectivity index is 0.00000162. The van der Waals surface area contributed by atoms with Crippen LogP contribution in [0.2, 0.25) is 0 Å². The van der Waals surface area contributed by atoms with Crippen LogP contribution in [-0.4, -0.2) is 10.9 Å². The summed E-state index contributed by atoms with van der Waals surface area (Å²) >= 11 is 0.964. The van der Waals surface area contributed by atoms with Gasteiger partial charge in [-0.05, 0) is 42.4 Å². The van der Waals surface area contributed by atoms with E-state index >= 15 is 0 Å². The van der Waals surface area contributed by atoms with Crippen LogP contribution in [0.25, 0.3) is 5.82 Å². The van der Waals surface area contributed by atoms with Crippen molar-refractivity contribution in [3.63, 3.8) is 0 Å². The Labute approximate surface area is 126 Å². The summed E-state index contributed by atoms with van der Waals surface area (Å²) in [5, 5.41) is 0. The maximum Gasteiger partial charge on any atom is 0.392 e. The van der Waals surface area contributed by atoms with Crippen LogP contribution < -0.4 is 33.4 Å². The summed E-state index contributed by atoms with van der Waals surface area (Å²) in [5.41, 5.74) is 2.29. The smallest absolute Gasteiger partial charge is 0.392 e. The van der Waals surface area contributed by atoms with Crippen molar-refractivity contribution >= 4 is 17.6 Å². The molecule has 2 aromatic heterocycles. The van der Waals surface area contributed by atoms with Crippen molar-refractivity contribution < 1.29 is 33.3 Å². The lowest BCUT2D eigenvalue weighted by atomic mass is 10.2. The summed E-state index contributed by atoms with van der Waals surface area (Å²) in [7, 11) is 1.67. The summed E-state index contributed by atoms with van der Waals surface area (Å²) in [6.45, 7) is 4.02. The van der Waals surface area contributed by atoms with Crippen LogP contribution in [0.5, 0.6) is 0 Å². The van der Waals surface area contributed by atoms with Gasteiger partial charge in [0, 0.05) is 0 Å². The molecule has 0 amide bonds. The molecule has 0 N–H and O–H groups in total. The molecule has 0 spiro atoms. The molecule has 0 saturated heterocycles. The fourth-order valence-electron chi connectivity index (χ4n) is 1.65. The van der Waals surface area contributed by atoms with E-state index < -0.39 is 0 Å². The van der Waals surface area contributed by atoms with Crippen LogP contribution in [0.4, 0.5) is 0 Å². The van der Waals surface area contributed by atoms with Gasteiger partial charge in [-0.3, -0.25) is 4.79 Å². The lowest BCUT2D eigenvalue weighted by Gasteiger charge is -2.02. The van der Waals surface area contributed by atoms with Gasteiger partial charge in [0.05, 0.1) is 19.4 Å². The van der Waals surface area contributed by atoms with E-state index in [2.05, 4.69) is 0 Å². The number of nitrogens with zero attached hydrogens (tertiary/aromatic N) is 2. The van der Waals surface area contributed by atoms with E-state index in [1.807, 2.05) is 36.9 Å². The molecule has 0 bridgehead atoms. The maximum absolute atomic E-state index is 11.6. The van der Waals surface area contributed by atoms with Crippen LogP contribution in [0.3, 0.4) is 0 Å². The first kappa shape index (κ1) is 15.0. The largest absolute Gasteiger partial charge is 1.00 e. The fraction of sp³-hybridized carbons (Fsp3) is 0.250. The highest BCUT2D eigenvalue weighted by atomic mass is 127. The van der Waals surface area contributed by atoms with E-state index in [1.165, 1.54) is 10.1 Å². The van der Waals surface area contributed by atoms with Crippen molar-refractivity contribution in [2.45, 2.75) is 13.8 Å². The molecule has 96 valence electrons. The molecular formula is C12H13IN2O2S. The highest BCUT2D eigenvalue weighted by Crippen LogP contribution is 2.10. The molecule has 2 heterocycles. The van der Waals surface area contributed by atoms with Crippen molar-refractivity contribution in [3.05, 3.63) is 44.1 Å². The van der Waals surface area contributed by atoms with Crippen molar-refractivity contribution in [1.29, 1.82) is 0 Å². The molecule has 0 aliphatic heterocycles. The van der Waals surface area contributed by atoms with Crippen LogP contribution in [0, 0.1) is 13.8 Å². The summed E-state index contributed by atoms with van der Waals surface area (Å²) < 4.78 is 3.30. The second-order valence-electron chi connectivity index (χ2n) is 3.95. The van der Waals surface area contributed by atoms with Gasteiger partial charge in [0.1, 0.15) is 0 Å². The molecule has 0 atom stereocenters. The lowest BCUT2D eigenvalue weighted by Crippen LogP contribution is -3.00. The minimum Gasteiger partial charge on any atom is -1.00 e. The molecule has 18 heavy (non-hydrogen) atoms. The zero-order chi connectivity index (χ0) is 12.6. The number of aromatic nitrogens is 2. The number of aryl methyl sites for hydroxylation is 2. The van der Waals surface area contributed by atoms with E-state index in [9.17, 15) is 9.59 Å². The predicted molar refractivity (Wildman–Crippen MR) is 66.0 cm³/mol. The number of hydrogen-bond donors (Lipinski definition) is 0. The monoisotopic (exact) mass is 376 g/mol. The number of pyridine rings is 1. The van der Waals surface area contributed by atoms with Crippen molar-refractivity contribution in [2.75, 3.05) is 0 Å². The summed E-state index contributed by atoms with van der Waals surface area (Å²) in [5.74, 6) is 0.623. The number of carbonyl (C=O) groups excluding carboxylic acids is 1. The molecule has 0 aliphatic rings. The van der Waals surface area contributed by atoms with Gasteiger partial charge in [-0.15, -0.1) is 0 Å². The average molecular weight is 376 g/mol. The minimum absolute atomic E-state index is 0. The van der Waals surface area contributed by atoms with E-state index in [0.717, 1.165) is 23.2 Å². The molecule has 0 saturated carbocycles. The zero-order valence-corrected chi connectivity index (χ0v) is 13.3. The maximum atomic E-state index is 11.6. The molecule has 0 aliphatic carbocycles. The normalized spacial score (nSPS) is 9.94. The highest BCUT2D eigenvalue weighted by molar-refractivity contribution is 7.11. The Kier molecular flexibility index (Phi) is 4.80. The van der Waals surface area contributed by atoms with Crippen LogP contribution in [0.15, 0.2) is 23.3 Å². The SMILES string of the molecule is Cc1cc[n+](-c2c(C=O)sc(=O)n2C)cc1C.[I-]. The van der Waals surface area contributed by atoms with Gasteiger partial charge in [-0.1, -0.05) is 0 Å². The van der Waals surface area contributed by atoms with Gasteiger partial charge in [-0.25, -0.2) is 9.36 Å². The van der Waals surface area contributed by atoms with Gasteiger partial charge >= 0.3 is 10.7 Å². The van der Waals surface area contributed by atoms with Crippen LogP contribution in [-0.2, 0) is 7.05 Å². The molecular weight excluding hydrogens is 363 g/mol. The Bertz CT molecular complexity index is 646. The van der Waals surface area contributed by atoms with Crippen molar-refractivity contribution in [3.8, 4) is 5.82 Å². The molecule has 0 unspecified atom stereocenters. The molecule has 0 fully saturated rings. The molecule has 0 radical (unpaired) electrons. The summed E-state index contributed by atoms with van der Waals surface area (Å²) in [6, 6.07) is 1.96. The van der Waals surface area contributed by atoms with Crippen LogP contribution in [0.1, 0.15) is 20.8 Å². The van der Waals surface area contributed by atoms with E-state index in [4.69, 9.17) is 0 Å². The predicted octanol–water partition coefficient (Wildman–Crippen LogP) is -1.84. The number of thiazole rings is 1. The van der Waals surface area contributed by atoms with Crippen LogP contribution >= 0.6 is 11.3 Å². The van der Waals surface area contributed by atoms with Gasteiger partial charge in [0.25, 0.3) is 0 Å². The molecule has 6 heteroatoms. The standard InChI is InChI=1S/C12H13N2O2S.HI/c1-8-4-5-14(6-9(8)2)11-10(7-15)17-12(16)13(11)3;/h4-7H,1-3H3;1H/q+1;/p-1. The third kappa shape index (κ3) is 2.54. The second-order valence-corrected chi connectivity index (χ2v) is 4.94. The third-order valence-corrected chi connectivity index (χ3v) is 3.75. The first-order valence-electron chi connectivity index (χ1n) is 5.18. The zero-order valence-electron chi connectivity index (χ0n) is 10.3. The Morgan fingerprint density at radius 1 is 1.33 bits per heavy atom. The molecule has 2 aromatic rings. The summed E-state index contributed by atoms with van der Waals surface area (Å²) in [4.78, 5) is 22.8. The number of halogens is 1. The van der Waals surface area contributed by atoms with Gasteiger partial charge < -0.3 is 24.0 Å². The van der Waals surface area contributed by atoms with E-state index in [1.54, 1.807) is 7.05 Å². The average Bonchev–Trinajstić information content (AvgIpc) is 2.59. The third-order valence-electron chi connectivity index (χ3n) is 2.80. The first-order valence-corrected chi connectivity index (χ1v) is 6.00. The van der Waals surface area contributed by atoms with Crippen molar-refractivity contribution in [1.82, 2.24) is 4.57 Å². The second kappa shape index (κ2) is 5.75. The number of rotatable bonds is 2. The molecule has 2 rings (SSSR count). The number of hydrogen-bond acceptors (Lipinski definition) is 3. The van der Waals surface area contributed by atoms with E-state index in [-0.39, 0.29) is 28.8 Å². The number of aldehydes is 1. The quantitative estimate of drug-likeness (QED) is 0.351. The van der Waals surface area contributed by atoms with Gasteiger partial charge in [0.15, 0.2) is 11.2 Å². The topological polar surface area (TPSA) is 42.9 Å².